The lowest BCUT2D eigenvalue weighted by Crippen LogP contribution is -2.32. The predicted molar refractivity (Wildman–Crippen MR) is 136 cm³/mol. The van der Waals surface area contributed by atoms with E-state index in [2.05, 4.69) is 30.1 Å². The largest absolute Gasteiger partial charge is 0.493 e. The Labute approximate surface area is 215 Å². The lowest BCUT2D eigenvalue weighted by Gasteiger charge is -2.32. The van der Waals surface area contributed by atoms with Crippen LogP contribution in [0.4, 0.5) is 0 Å². The van der Waals surface area contributed by atoms with Crippen LogP contribution in [-0.2, 0) is 22.4 Å². The zero-order chi connectivity index (χ0) is 26.2. The van der Waals surface area contributed by atoms with E-state index in [9.17, 15) is 9.59 Å². The quantitative estimate of drug-likeness (QED) is 0.466. The number of H-pyrrole nitrogens is 2. The van der Waals surface area contributed by atoms with Gasteiger partial charge in [-0.25, -0.2) is 0 Å². The Morgan fingerprint density at radius 3 is 2.68 bits per heavy atom. The summed E-state index contributed by atoms with van der Waals surface area (Å²) in [5.41, 5.74) is 3.58. The molecule has 1 aromatic heterocycles. The second-order valence-electron chi connectivity index (χ2n) is 10.0. The summed E-state index contributed by atoms with van der Waals surface area (Å²) in [7, 11) is 2.88. The highest BCUT2D eigenvalue weighted by molar-refractivity contribution is 5.72. The Balaban J connectivity index is 1.53. The third kappa shape index (κ3) is 5.03. The topological polar surface area (TPSA) is 112 Å². The Morgan fingerprint density at radius 2 is 1.89 bits per heavy atom. The molecule has 0 radical (unpaired) electrons. The van der Waals surface area contributed by atoms with E-state index in [1.54, 1.807) is 19.2 Å². The van der Waals surface area contributed by atoms with Crippen LogP contribution < -0.4 is 24.5 Å². The number of rotatable bonds is 7. The second-order valence-corrected chi connectivity index (χ2v) is 10.0. The minimum absolute atomic E-state index is 0.0274. The molecule has 9 heteroatoms. The number of nitrogens with one attached hydrogen (secondary N) is 2. The van der Waals surface area contributed by atoms with Gasteiger partial charge in [0.15, 0.2) is 11.5 Å². The van der Waals surface area contributed by atoms with Gasteiger partial charge in [0.2, 0.25) is 5.75 Å². The van der Waals surface area contributed by atoms with E-state index in [1.165, 1.54) is 7.11 Å². The smallest absolute Gasteiger partial charge is 0.306 e. The molecule has 2 aromatic carbocycles. The molecule has 37 heavy (non-hydrogen) atoms. The minimum atomic E-state index is -0.594. The van der Waals surface area contributed by atoms with Crippen molar-refractivity contribution in [2.75, 3.05) is 27.4 Å². The summed E-state index contributed by atoms with van der Waals surface area (Å²) in [6.07, 6.45) is 2.31. The van der Waals surface area contributed by atoms with Gasteiger partial charge in [0.1, 0.15) is 24.6 Å². The summed E-state index contributed by atoms with van der Waals surface area (Å²) >= 11 is 0. The normalized spacial score (nSPS) is 16.3. The highest BCUT2D eigenvalue weighted by Gasteiger charge is 2.30. The molecule has 0 saturated heterocycles. The number of aryl methyl sites for hydroxylation is 1. The van der Waals surface area contributed by atoms with Gasteiger partial charge in [-0.2, -0.15) is 0 Å². The van der Waals surface area contributed by atoms with E-state index in [4.69, 9.17) is 23.7 Å². The Hall–Kier alpha value is -3.88. The first-order valence-electron chi connectivity index (χ1n) is 12.4. The molecule has 0 bridgehead atoms. The highest BCUT2D eigenvalue weighted by atomic mass is 16.6. The predicted octanol–water partition coefficient (Wildman–Crippen LogP) is 3.87. The Morgan fingerprint density at radius 1 is 1.08 bits per heavy atom. The number of carbonyl (C=O) groups excluding carboxylic acids is 1. The van der Waals surface area contributed by atoms with Crippen molar-refractivity contribution in [2.24, 2.45) is 0 Å². The lowest BCUT2D eigenvalue weighted by molar-refractivity contribution is -0.140. The molecule has 0 fully saturated rings. The molecule has 9 nitrogen and oxygen atoms in total. The number of aromatic nitrogens is 2. The van der Waals surface area contributed by atoms with Crippen LogP contribution in [-0.4, -0.2) is 49.2 Å². The first-order valence-corrected chi connectivity index (χ1v) is 12.4. The van der Waals surface area contributed by atoms with Gasteiger partial charge in [-0.3, -0.25) is 14.7 Å². The molecule has 2 N–H and O–H groups in total. The number of hydrogen-bond acceptors (Lipinski definition) is 7. The zero-order valence-corrected chi connectivity index (χ0v) is 21.6. The van der Waals surface area contributed by atoms with Crippen molar-refractivity contribution in [3.63, 3.8) is 0 Å². The average Bonchev–Trinajstić information content (AvgIpc) is 3.25. The molecule has 5 rings (SSSR count). The molecule has 0 spiro atoms. The Kier molecular flexibility index (Phi) is 6.62. The van der Waals surface area contributed by atoms with Crippen LogP contribution in [0.15, 0.2) is 35.1 Å². The van der Waals surface area contributed by atoms with Gasteiger partial charge in [-0.05, 0) is 61.6 Å². The number of aromatic amines is 2. The molecule has 1 atom stereocenters. The van der Waals surface area contributed by atoms with Crippen molar-refractivity contribution in [3.05, 3.63) is 68.6 Å². The van der Waals surface area contributed by atoms with Gasteiger partial charge < -0.3 is 28.8 Å². The maximum atomic E-state index is 13.1. The summed E-state index contributed by atoms with van der Waals surface area (Å²) < 4.78 is 28.2. The zero-order valence-electron chi connectivity index (χ0n) is 21.6. The van der Waals surface area contributed by atoms with Gasteiger partial charge in [-0.1, -0.05) is 12.1 Å². The van der Waals surface area contributed by atoms with Gasteiger partial charge in [0.25, 0.3) is 5.56 Å². The summed E-state index contributed by atoms with van der Waals surface area (Å²) in [6, 6.07) is 9.72. The monoisotopic (exact) mass is 508 g/mol. The minimum Gasteiger partial charge on any atom is -0.493 e. The molecular weight excluding hydrogens is 476 g/mol. The summed E-state index contributed by atoms with van der Waals surface area (Å²) in [5.74, 6) is 1.38. The molecule has 3 aromatic rings. The van der Waals surface area contributed by atoms with Gasteiger partial charge in [0, 0.05) is 23.6 Å². The summed E-state index contributed by atoms with van der Waals surface area (Å²) in [4.78, 5) is 25.6. The van der Waals surface area contributed by atoms with E-state index in [0.29, 0.717) is 53.7 Å². The van der Waals surface area contributed by atoms with Crippen molar-refractivity contribution >= 4 is 5.97 Å². The van der Waals surface area contributed by atoms with E-state index in [-0.39, 0.29) is 17.6 Å². The van der Waals surface area contributed by atoms with Gasteiger partial charge in [-0.15, -0.1) is 0 Å². The fourth-order valence-corrected chi connectivity index (χ4v) is 5.07. The van der Waals surface area contributed by atoms with E-state index >= 15 is 0 Å². The number of benzene rings is 2. The van der Waals surface area contributed by atoms with Gasteiger partial charge in [0.05, 0.1) is 20.6 Å². The fourth-order valence-electron chi connectivity index (χ4n) is 5.07. The third-order valence-corrected chi connectivity index (χ3v) is 6.98. The number of methoxy groups -OCH3 is 2. The molecule has 0 aliphatic carbocycles. The fraction of sp³-hybridized carbons (Fsp3) is 0.429. The van der Waals surface area contributed by atoms with E-state index in [1.807, 2.05) is 12.1 Å². The molecule has 0 amide bonds. The van der Waals surface area contributed by atoms with Gasteiger partial charge >= 0.3 is 5.97 Å². The van der Waals surface area contributed by atoms with Crippen molar-refractivity contribution in [3.8, 4) is 23.0 Å². The number of fused-ring (bicyclic) bond motifs is 2. The van der Waals surface area contributed by atoms with Crippen LogP contribution in [0.2, 0.25) is 0 Å². The van der Waals surface area contributed by atoms with Crippen LogP contribution in [0.5, 0.6) is 23.0 Å². The SMILES string of the molecule is COC(=O)C[C@H](c1cc(OC)c2c(c1)OCCO2)c1c(Cc2ccc3c(c2)CCC(C)(C)O3)[nH][nH]c1=O. The molecule has 196 valence electrons. The molecular formula is C28H32N2O7. The third-order valence-electron chi connectivity index (χ3n) is 6.98. The molecule has 0 saturated carbocycles. The Bertz CT molecular complexity index is 1350. The van der Waals surface area contributed by atoms with Crippen LogP contribution in [0.1, 0.15) is 60.6 Å². The number of ether oxygens (including phenoxy) is 5. The maximum Gasteiger partial charge on any atom is 0.306 e. The second kappa shape index (κ2) is 9.88. The maximum absolute atomic E-state index is 13.1. The molecule has 2 aliphatic heterocycles. The van der Waals surface area contributed by atoms with Crippen LogP contribution in [0.25, 0.3) is 0 Å². The van der Waals surface area contributed by atoms with E-state index < -0.39 is 11.9 Å². The molecule has 2 aliphatic rings. The number of hydrogen-bond donors (Lipinski definition) is 2. The van der Waals surface area contributed by atoms with Crippen molar-refractivity contribution in [1.82, 2.24) is 10.2 Å². The molecule has 3 heterocycles. The van der Waals surface area contributed by atoms with E-state index in [0.717, 1.165) is 29.7 Å². The number of esters is 1. The number of carbonyl (C=O) groups is 1. The highest BCUT2D eigenvalue weighted by Crippen LogP contribution is 2.44. The summed E-state index contributed by atoms with van der Waals surface area (Å²) in [6.45, 7) is 5.00. The first-order chi connectivity index (χ1) is 17.8. The van der Waals surface area contributed by atoms with Crippen molar-refractivity contribution in [1.29, 1.82) is 0 Å². The van der Waals surface area contributed by atoms with Crippen molar-refractivity contribution < 1.29 is 28.5 Å². The van der Waals surface area contributed by atoms with Crippen molar-refractivity contribution in [2.45, 2.75) is 51.0 Å². The first kappa shape index (κ1) is 24.8. The summed E-state index contributed by atoms with van der Waals surface area (Å²) in [5, 5.41) is 5.76. The van der Waals surface area contributed by atoms with Crippen LogP contribution in [0.3, 0.4) is 0 Å². The molecule has 0 unspecified atom stereocenters. The average molecular weight is 509 g/mol. The standard InChI is InChI=1S/C28H32N2O7/c1-28(2)8-7-17-11-16(5-6-21(17)37-28)12-20-25(27(32)30-29-20)19(15-24(31)34-4)18-13-22(33-3)26-23(14-18)35-9-10-36-26/h5-6,11,13-14,19H,7-10,12,15H2,1-4H3,(H2,29,30,32)/t19-/m1/s1. The van der Waals surface area contributed by atoms with Crippen LogP contribution >= 0.6 is 0 Å². The van der Waals surface area contributed by atoms with Crippen LogP contribution in [0, 0.1) is 0 Å². The lowest BCUT2D eigenvalue weighted by atomic mass is 9.86.